The highest BCUT2D eigenvalue weighted by molar-refractivity contribution is 6.10. The van der Waals surface area contributed by atoms with Crippen LogP contribution in [-0.2, 0) is 4.79 Å². The largest absolute Gasteiger partial charge is 0.326 e. The molecule has 0 aliphatic carbocycles. The molecule has 2 aromatic rings. The molecule has 0 spiro atoms. The van der Waals surface area contributed by atoms with E-state index in [1.807, 2.05) is 52.0 Å². The van der Waals surface area contributed by atoms with Crippen LogP contribution >= 0.6 is 0 Å². The molecule has 118 valence electrons. The maximum Gasteiger partial charge on any atom is 0.232 e. The average molecular weight is 299 g/mol. The van der Waals surface area contributed by atoms with Crippen LogP contribution in [-0.4, -0.2) is 11.7 Å². The van der Waals surface area contributed by atoms with Gasteiger partial charge in [0, 0.05) is 11.3 Å². The first-order chi connectivity index (χ1) is 10.8. The molecule has 0 aromatic heterocycles. The second kappa shape index (κ2) is 12.3. The molecule has 2 aromatic carbocycles. The van der Waals surface area contributed by atoms with Gasteiger partial charge in [-0.05, 0) is 12.1 Å². The number of hydrogen-bond donors (Lipinski definition) is 1. The molecule has 1 amide bonds. The summed E-state index contributed by atoms with van der Waals surface area (Å²) in [5, 5.41) is 2.68. The van der Waals surface area contributed by atoms with Crippen molar-refractivity contribution in [2.45, 2.75) is 34.1 Å². The monoisotopic (exact) mass is 299 g/mol. The predicted molar refractivity (Wildman–Crippen MR) is 93.2 cm³/mol. The van der Waals surface area contributed by atoms with Crippen LogP contribution in [0.4, 0.5) is 5.69 Å². The van der Waals surface area contributed by atoms with Gasteiger partial charge in [-0.2, -0.15) is 0 Å². The van der Waals surface area contributed by atoms with Crippen LogP contribution in [0.1, 0.15) is 44.5 Å². The topological polar surface area (TPSA) is 46.2 Å². The molecule has 3 heteroatoms. The highest BCUT2D eigenvalue weighted by Gasteiger charge is 2.11. The summed E-state index contributed by atoms with van der Waals surface area (Å²) in [5.74, 6) is -0.473. The summed E-state index contributed by atoms with van der Waals surface area (Å²) in [5.41, 5.74) is 1.25. The first-order valence-corrected chi connectivity index (χ1v) is 7.69. The highest BCUT2D eigenvalue weighted by Crippen LogP contribution is 2.07. The van der Waals surface area contributed by atoms with E-state index < -0.39 is 0 Å². The number of rotatable bonds is 4. The van der Waals surface area contributed by atoms with Crippen molar-refractivity contribution in [3.63, 3.8) is 0 Å². The van der Waals surface area contributed by atoms with E-state index in [0.29, 0.717) is 11.3 Å². The van der Waals surface area contributed by atoms with Crippen molar-refractivity contribution >= 4 is 17.4 Å². The summed E-state index contributed by atoms with van der Waals surface area (Å²) in [6, 6.07) is 17.9. The lowest BCUT2D eigenvalue weighted by atomic mass is 10.1. The van der Waals surface area contributed by atoms with Crippen molar-refractivity contribution in [3.8, 4) is 0 Å². The third-order valence-corrected chi connectivity index (χ3v) is 2.47. The first-order valence-electron chi connectivity index (χ1n) is 7.69. The van der Waals surface area contributed by atoms with Gasteiger partial charge in [0.15, 0.2) is 5.78 Å². The molecule has 0 heterocycles. The van der Waals surface area contributed by atoms with Gasteiger partial charge in [-0.3, -0.25) is 9.59 Å². The summed E-state index contributed by atoms with van der Waals surface area (Å²) in [4.78, 5) is 23.4. The van der Waals surface area contributed by atoms with Crippen LogP contribution in [0.15, 0.2) is 60.7 Å². The average Bonchev–Trinajstić information content (AvgIpc) is 2.60. The first kappa shape index (κ1) is 19.6. The summed E-state index contributed by atoms with van der Waals surface area (Å²) < 4.78 is 0. The molecule has 0 unspecified atom stereocenters. The van der Waals surface area contributed by atoms with Crippen molar-refractivity contribution in [3.05, 3.63) is 66.2 Å². The maximum absolute atomic E-state index is 11.8. The van der Waals surface area contributed by atoms with E-state index in [2.05, 4.69) is 5.32 Å². The fourth-order valence-electron chi connectivity index (χ4n) is 1.60. The third-order valence-electron chi connectivity index (χ3n) is 2.47. The SMILES string of the molecule is CC.CC.O=C(CC(=O)c1ccccc1)Nc1ccccc1. The minimum Gasteiger partial charge on any atom is -0.326 e. The summed E-state index contributed by atoms with van der Waals surface area (Å²) in [7, 11) is 0. The number of benzene rings is 2. The second-order valence-electron chi connectivity index (χ2n) is 3.88. The van der Waals surface area contributed by atoms with Gasteiger partial charge in [0.25, 0.3) is 0 Å². The van der Waals surface area contributed by atoms with Crippen molar-refractivity contribution in [2.24, 2.45) is 0 Å². The molecule has 1 N–H and O–H groups in total. The van der Waals surface area contributed by atoms with Crippen LogP contribution in [0.25, 0.3) is 0 Å². The number of nitrogens with one attached hydrogen (secondary N) is 1. The van der Waals surface area contributed by atoms with Crippen LogP contribution in [0.5, 0.6) is 0 Å². The molecule has 0 atom stereocenters. The van der Waals surface area contributed by atoms with E-state index >= 15 is 0 Å². The van der Waals surface area contributed by atoms with Crippen LogP contribution in [0.2, 0.25) is 0 Å². The van der Waals surface area contributed by atoms with Gasteiger partial charge >= 0.3 is 0 Å². The molecule has 0 aliphatic heterocycles. The molecule has 0 saturated heterocycles. The lowest BCUT2D eigenvalue weighted by Gasteiger charge is -2.04. The van der Waals surface area contributed by atoms with Crippen molar-refractivity contribution in [2.75, 3.05) is 5.32 Å². The van der Waals surface area contributed by atoms with Crippen molar-refractivity contribution in [1.29, 1.82) is 0 Å². The number of Topliss-reactive ketones (excluding diaryl/α,β-unsaturated/α-hetero) is 1. The number of carbonyl (C=O) groups is 2. The Balaban J connectivity index is 0.00000102. The summed E-state index contributed by atoms with van der Waals surface area (Å²) in [6.45, 7) is 8.00. The Bertz CT molecular complexity index is 536. The zero-order valence-electron chi connectivity index (χ0n) is 13.8. The van der Waals surface area contributed by atoms with Crippen LogP contribution < -0.4 is 5.32 Å². The van der Waals surface area contributed by atoms with Crippen molar-refractivity contribution < 1.29 is 9.59 Å². The summed E-state index contributed by atoms with van der Waals surface area (Å²) >= 11 is 0. The molecular formula is C19H25NO2. The second-order valence-corrected chi connectivity index (χ2v) is 3.88. The molecule has 0 aliphatic rings. The molecule has 0 radical (unpaired) electrons. The molecule has 0 bridgehead atoms. The van der Waals surface area contributed by atoms with Gasteiger partial charge in [-0.1, -0.05) is 76.2 Å². The lowest BCUT2D eigenvalue weighted by molar-refractivity contribution is -0.115. The van der Waals surface area contributed by atoms with Crippen LogP contribution in [0.3, 0.4) is 0 Å². The molecule has 0 fully saturated rings. The number of hydrogen-bond acceptors (Lipinski definition) is 2. The maximum atomic E-state index is 11.8. The smallest absolute Gasteiger partial charge is 0.232 e. The Labute approximate surface area is 133 Å². The van der Waals surface area contributed by atoms with Gasteiger partial charge in [0.2, 0.25) is 5.91 Å². The Morgan fingerprint density at radius 1 is 0.773 bits per heavy atom. The fourth-order valence-corrected chi connectivity index (χ4v) is 1.60. The minimum atomic E-state index is -0.296. The molecule has 2 rings (SSSR count). The van der Waals surface area contributed by atoms with Gasteiger partial charge in [-0.25, -0.2) is 0 Å². The zero-order valence-corrected chi connectivity index (χ0v) is 13.8. The Kier molecular flexibility index (Phi) is 11.0. The number of carbonyl (C=O) groups excluding carboxylic acids is 2. The van der Waals surface area contributed by atoms with Gasteiger partial charge in [-0.15, -0.1) is 0 Å². The van der Waals surface area contributed by atoms with Gasteiger partial charge in [0.1, 0.15) is 0 Å². The van der Waals surface area contributed by atoms with E-state index in [4.69, 9.17) is 0 Å². The van der Waals surface area contributed by atoms with Crippen molar-refractivity contribution in [1.82, 2.24) is 0 Å². The standard InChI is InChI=1S/C15H13NO2.2C2H6/c17-14(12-7-3-1-4-8-12)11-15(18)16-13-9-5-2-6-10-13;2*1-2/h1-10H,11H2,(H,16,18);2*1-2H3. The number of ketones is 1. The van der Waals surface area contributed by atoms with E-state index in [1.165, 1.54) is 0 Å². The fraction of sp³-hybridized carbons (Fsp3) is 0.263. The highest BCUT2D eigenvalue weighted by atomic mass is 16.2. The molecule has 22 heavy (non-hydrogen) atoms. The lowest BCUT2D eigenvalue weighted by Crippen LogP contribution is -2.16. The zero-order chi connectivity index (χ0) is 16.8. The Morgan fingerprint density at radius 2 is 1.23 bits per heavy atom. The summed E-state index contributed by atoms with van der Waals surface area (Å²) in [6.07, 6.45) is -0.140. The third kappa shape index (κ3) is 7.39. The minimum absolute atomic E-state index is 0.140. The van der Waals surface area contributed by atoms with E-state index in [1.54, 1.807) is 36.4 Å². The van der Waals surface area contributed by atoms with Gasteiger partial charge < -0.3 is 5.32 Å². The van der Waals surface area contributed by atoms with E-state index in [-0.39, 0.29) is 18.1 Å². The number of anilines is 1. The Morgan fingerprint density at radius 3 is 1.73 bits per heavy atom. The van der Waals surface area contributed by atoms with Crippen LogP contribution in [0, 0.1) is 0 Å². The molecular weight excluding hydrogens is 274 g/mol. The Hall–Kier alpha value is -2.42. The predicted octanol–water partition coefficient (Wildman–Crippen LogP) is 4.95. The molecule has 3 nitrogen and oxygen atoms in total. The number of para-hydroxylation sites is 1. The number of amides is 1. The normalized spacial score (nSPS) is 8.55. The van der Waals surface area contributed by atoms with E-state index in [9.17, 15) is 9.59 Å². The molecule has 0 saturated carbocycles. The van der Waals surface area contributed by atoms with Gasteiger partial charge in [0.05, 0.1) is 6.42 Å². The quantitative estimate of drug-likeness (QED) is 0.641. The van der Waals surface area contributed by atoms with E-state index in [0.717, 1.165) is 0 Å².